The normalized spacial score (nSPS) is 14.3. The van der Waals surface area contributed by atoms with Crippen molar-refractivity contribution in [1.82, 2.24) is 19.7 Å². The minimum atomic E-state index is -0.264. The van der Waals surface area contributed by atoms with Gasteiger partial charge in [-0.3, -0.25) is 0 Å². The Kier molecular flexibility index (Phi) is 4.89. The monoisotopic (exact) mass is 418 g/mol. The van der Waals surface area contributed by atoms with E-state index >= 15 is 0 Å². The molecule has 1 aliphatic rings. The van der Waals surface area contributed by atoms with Crippen LogP contribution in [-0.4, -0.2) is 53.0 Å². The predicted molar refractivity (Wildman–Crippen MR) is 119 cm³/mol. The summed E-state index contributed by atoms with van der Waals surface area (Å²) >= 11 is 0. The van der Waals surface area contributed by atoms with Crippen LogP contribution in [0.4, 0.5) is 15.9 Å². The highest BCUT2D eigenvalue weighted by atomic mass is 19.1. The van der Waals surface area contributed by atoms with E-state index in [9.17, 15) is 4.39 Å². The van der Waals surface area contributed by atoms with Crippen LogP contribution in [-0.2, 0) is 0 Å². The number of nitrogens with zero attached hydrogens (tertiary/aromatic N) is 6. The first-order valence-electron chi connectivity index (χ1n) is 10.2. The maximum Gasteiger partial charge on any atom is 0.168 e. The molecule has 7 nitrogen and oxygen atoms in total. The zero-order chi connectivity index (χ0) is 21.4. The van der Waals surface area contributed by atoms with Gasteiger partial charge >= 0.3 is 0 Å². The zero-order valence-corrected chi connectivity index (χ0v) is 17.5. The van der Waals surface area contributed by atoms with E-state index in [0.717, 1.165) is 60.0 Å². The molecule has 1 fully saturated rings. The fourth-order valence-corrected chi connectivity index (χ4v) is 4.13. The molecule has 2 aromatic carbocycles. The number of fused-ring (bicyclic) bond motifs is 1. The van der Waals surface area contributed by atoms with Crippen LogP contribution in [0.25, 0.3) is 16.7 Å². The van der Waals surface area contributed by atoms with E-state index in [1.54, 1.807) is 19.5 Å². The zero-order valence-electron chi connectivity index (χ0n) is 17.5. The van der Waals surface area contributed by atoms with Crippen LogP contribution in [0.3, 0.4) is 0 Å². The van der Waals surface area contributed by atoms with E-state index in [1.807, 2.05) is 29.1 Å². The Balaban J connectivity index is 1.42. The molecular weight excluding hydrogens is 395 g/mol. The number of benzene rings is 2. The van der Waals surface area contributed by atoms with Gasteiger partial charge in [0.05, 0.1) is 30.1 Å². The van der Waals surface area contributed by atoms with Crippen molar-refractivity contribution in [3.63, 3.8) is 0 Å². The summed E-state index contributed by atoms with van der Waals surface area (Å²) in [6.07, 6.45) is 3.43. The minimum absolute atomic E-state index is 0.264. The van der Waals surface area contributed by atoms with Crippen molar-refractivity contribution in [2.45, 2.75) is 6.92 Å². The predicted octanol–water partition coefficient (Wildman–Crippen LogP) is 3.60. The van der Waals surface area contributed by atoms with Gasteiger partial charge in [0, 0.05) is 32.2 Å². The molecule has 0 radical (unpaired) electrons. The van der Waals surface area contributed by atoms with Crippen molar-refractivity contribution in [1.29, 1.82) is 0 Å². The summed E-state index contributed by atoms with van der Waals surface area (Å²) in [5, 5.41) is 5.51. The molecule has 4 aromatic rings. The van der Waals surface area contributed by atoms with Gasteiger partial charge in [-0.25, -0.2) is 19.0 Å². The second-order valence-corrected chi connectivity index (χ2v) is 7.57. The van der Waals surface area contributed by atoms with Crippen LogP contribution in [0.1, 0.15) is 5.56 Å². The molecule has 1 saturated heterocycles. The number of ether oxygens (including phenoxy) is 1. The van der Waals surface area contributed by atoms with Gasteiger partial charge in [0.25, 0.3) is 0 Å². The van der Waals surface area contributed by atoms with E-state index in [4.69, 9.17) is 4.74 Å². The van der Waals surface area contributed by atoms with Crippen LogP contribution in [0.5, 0.6) is 5.75 Å². The van der Waals surface area contributed by atoms with Crippen molar-refractivity contribution in [3.05, 3.63) is 66.4 Å². The number of rotatable bonds is 4. The summed E-state index contributed by atoms with van der Waals surface area (Å²) in [4.78, 5) is 13.4. The first-order valence-corrected chi connectivity index (χ1v) is 10.2. The van der Waals surface area contributed by atoms with Crippen molar-refractivity contribution >= 4 is 22.5 Å². The van der Waals surface area contributed by atoms with Gasteiger partial charge in [-0.15, -0.1) is 0 Å². The molecule has 0 N–H and O–H groups in total. The largest absolute Gasteiger partial charge is 0.495 e. The molecule has 0 unspecified atom stereocenters. The fourth-order valence-electron chi connectivity index (χ4n) is 4.13. The van der Waals surface area contributed by atoms with Crippen molar-refractivity contribution in [2.24, 2.45) is 0 Å². The molecule has 0 amide bonds. The quantitative estimate of drug-likeness (QED) is 0.505. The molecule has 158 valence electrons. The highest BCUT2D eigenvalue weighted by Crippen LogP contribution is 2.31. The van der Waals surface area contributed by atoms with Crippen molar-refractivity contribution in [2.75, 3.05) is 43.1 Å². The van der Waals surface area contributed by atoms with Crippen LogP contribution < -0.4 is 14.5 Å². The lowest BCUT2D eigenvalue weighted by Crippen LogP contribution is -2.47. The lowest BCUT2D eigenvalue weighted by atomic mass is 10.2. The maximum atomic E-state index is 13.8. The molecule has 0 saturated carbocycles. The summed E-state index contributed by atoms with van der Waals surface area (Å²) < 4.78 is 21.1. The van der Waals surface area contributed by atoms with Gasteiger partial charge in [0.2, 0.25) is 0 Å². The number of para-hydroxylation sites is 1. The minimum Gasteiger partial charge on any atom is -0.495 e. The molecule has 8 heteroatoms. The Bertz CT molecular complexity index is 1230. The summed E-state index contributed by atoms with van der Waals surface area (Å²) in [5.74, 6) is 1.29. The summed E-state index contributed by atoms with van der Waals surface area (Å²) in [7, 11) is 1.61. The number of halogens is 1. The SMILES string of the molecule is COc1ccc(F)cc1N1CCN(c2ncnc3c2cnn3-c2ccccc2C)CC1. The summed E-state index contributed by atoms with van der Waals surface area (Å²) in [6, 6.07) is 12.7. The average Bonchev–Trinajstić information content (AvgIpc) is 3.23. The molecule has 0 spiro atoms. The molecule has 2 aromatic heterocycles. The Morgan fingerprint density at radius 2 is 1.71 bits per heavy atom. The topological polar surface area (TPSA) is 59.3 Å². The Hall–Kier alpha value is -3.68. The van der Waals surface area contributed by atoms with E-state index in [-0.39, 0.29) is 5.82 Å². The van der Waals surface area contributed by atoms with Crippen LogP contribution in [0.15, 0.2) is 55.0 Å². The molecule has 0 aliphatic carbocycles. The second-order valence-electron chi connectivity index (χ2n) is 7.57. The highest BCUT2D eigenvalue weighted by Gasteiger charge is 2.23. The number of anilines is 2. The number of aromatic nitrogens is 4. The van der Waals surface area contributed by atoms with Gasteiger partial charge in [0.1, 0.15) is 23.7 Å². The van der Waals surface area contributed by atoms with Crippen LogP contribution in [0, 0.1) is 12.7 Å². The first kappa shape index (κ1) is 19.3. The second kappa shape index (κ2) is 7.86. The third kappa shape index (κ3) is 3.43. The van der Waals surface area contributed by atoms with Crippen molar-refractivity contribution < 1.29 is 9.13 Å². The number of aryl methyl sites for hydroxylation is 1. The Morgan fingerprint density at radius 3 is 2.48 bits per heavy atom. The third-order valence-corrected chi connectivity index (χ3v) is 5.75. The number of methoxy groups -OCH3 is 1. The van der Waals surface area contributed by atoms with Gasteiger partial charge in [-0.05, 0) is 30.7 Å². The average molecular weight is 418 g/mol. The molecular formula is C23H23FN6O. The van der Waals surface area contributed by atoms with Gasteiger partial charge < -0.3 is 14.5 Å². The summed E-state index contributed by atoms with van der Waals surface area (Å²) in [5.41, 5.74) is 3.70. The molecule has 3 heterocycles. The number of hydrogen-bond donors (Lipinski definition) is 0. The number of piperazine rings is 1. The molecule has 5 rings (SSSR count). The van der Waals surface area contributed by atoms with E-state index < -0.39 is 0 Å². The fraction of sp³-hybridized carbons (Fsp3) is 0.261. The van der Waals surface area contributed by atoms with Crippen LogP contribution >= 0.6 is 0 Å². The molecule has 0 atom stereocenters. The summed E-state index contributed by atoms with van der Waals surface area (Å²) in [6.45, 7) is 5.03. The van der Waals surface area contributed by atoms with Crippen LogP contribution in [0.2, 0.25) is 0 Å². The lowest BCUT2D eigenvalue weighted by Gasteiger charge is -2.37. The van der Waals surface area contributed by atoms with Gasteiger partial charge in [-0.2, -0.15) is 5.10 Å². The van der Waals surface area contributed by atoms with E-state index in [1.165, 1.54) is 12.1 Å². The Labute approximate surface area is 179 Å². The van der Waals surface area contributed by atoms with E-state index in [2.05, 4.69) is 37.9 Å². The standard InChI is InChI=1S/C23H23FN6O/c1-16-5-3-4-6-19(16)30-23-18(14-27-30)22(25-15-26-23)29-11-9-28(10-12-29)20-13-17(24)7-8-21(20)31-2/h3-8,13-15H,9-12H2,1-2H3. The lowest BCUT2D eigenvalue weighted by molar-refractivity contribution is 0.412. The molecule has 1 aliphatic heterocycles. The first-order chi connectivity index (χ1) is 15.2. The van der Waals surface area contributed by atoms with Gasteiger partial charge in [0.15, 0.2) is 5.65 Å². The third-order valence-electron chi connectivity index (χ3n) is 5.75. The number of hydrogen-bond acceptors (Lipinski definition) is 6. The Morgan fingerprint density at radius 1 is 0.935 bits per heavy atom. The van der Waals surface area contributed by atoms with Gasteiger partial charge in [-0.1, -0.05) is 18.2 Å². The highest BCUT2D eigenvalue weighted by molar-refractivity contribution is 5.88. The molecule has 31 heavy (non-hydrogen) atoms. The maximum absolute atomic E-state index is 13.8. The molecule has 0 bridgehead atoms. The van der Waals surface area contributed by atoms with Crippen molar-refractivity contribution in [3.8, 4) is 11.4 Å². The smallest absolute Gasteiger partial charge is 0.168 e. The van der Waals surface area contributed by atoms with E-state index in [0.29, 0.717) is 5.75 Å².